The Balaban J connectivity index is 1.59. The van der Waals surface area contributed by atoms with Crippen LogP contribution in [0.2, 0.25) is 5.04 Å². The molecule has 0 aliphatic carbocycles. The molecule has 0 bridgehead atoms. The maximum Gasteiger partial charge on any atom is 0.534 e. The monoisotopic (exact) mass is 713 g/mol. The van der Waals surface area contributed by atoms with Gasteiger partial charge in [0.1, 0.15) is 17.2 Å². The van der Waals surface area contributed by atoms with Crippen molar-refractivity contribution in [3.8, 4) is 17.2 Å². The summed E-state index contributed by atoms with van der Waals surface area (Å²) in [5, 5.41) is 1.52. The summed E-state index contributed by atoms with van der Waals surface area (Å²) in [7, 11) is -6.14. The second kappa shape index (κ2) is 13.9. The van der Waals surface area contributed by atoms with Crippen LogP contribution in [0.5, 0.6) is 17.2 Å². The molecular weight excluding hydrogens is 676 g/mol. The molecule has 1 heterocycles. The molecule has 49 heavy (non-hydrogen) atoms. The summed E-state index contributed by atoms with van der Waals surface area (Å²) in [5.74, 6) is 0.00143. The standard InChI is InChI=1S/C36H38F3NO7SSi/c1-35(2,3)49(29-12-8-6-9-13-29,30-14-10-7-11-15-30)46-24-26-20-32-31(33(21-26)47-48(42,43)36(37,38)39)16-17-40(34(32)41)23-25-18-27(44-4)22-28(19-25)45-5/h6-15,18-22H,16-17,23-24H2,1-5H3. The summed E-state index contributed by atoms with van der Waals surface area (Å²) in [5.41, 5.74) is -4.56. The number of rotatable bonds is 11. The minimum absolute atomic E-state index is 0.0389. The van der Waals surface area contributed by atoms with Crippen molar-refractivity contribution in [1.29, 1.82) is 0 Å². The Morgan fingerprint density at radius 1 is 0.796 bits per heavy atom. The first-order valence-corrected chi connectivity index (χ1v) is 18.8. The number of hydrogen-bond acceptors (Lipinski definition) is 7. The number of carbonyl (C=O) groups is 1. The number of carbonyl (C=O) groups excluding carboxylic acids is 1. The Morgan fingerprint density at radius 2 is 1.35 bits per heavy atom. The fourth-order valence-electron chi connectivity index (χ4n) is 6.27. The van der Waals surface area contributed by atoms with E-state index < -0.39 is 40.6 Å². The molecule has 5 rings (SSSR count). The maximum absolute atomic E-state index is 14.0. The molecule has 0 unspecified atom stereocenters. The molecule has 1 aliphatic heterocycles. The SMILES string of the molecule is COc1cc(CN2CCc3c(OS(=O)(=O)C(F)(F)F)cc(CO[Si](c4ccccc4)(c4ccccc4)C(C)(C)C)cc3C2=O)cc(OC)c1. The van der Waals surface area contributed by atoms with E-state index in [1.807, 2.05) is 60.7 Å². The number of nitrogens with zero attached hydrogens (tertiary/aromatic N) is 1. The first-order valence-electron chi connectivity index (χ1n) is 15.5. The molecule has 13 heteroatoms. The lowest BCUT2D eigenvalue weighted by molar-refractivity contribution is -0.0500. The molecule has 8 nitrogen and oxygen atoms in total. The van der Waals surface area contributed by atoms with Gasteiger partial charge < -0.3 is 23.0 Å². The van der Waals surface area contributed by atoms with E-state index in [4.69, 9.17) is 18.1 Å². The van der Waals surface area contributed by atoms with Crippen LogP contribution < -0.4 is 24.0 Å². The molecule has 0 N–H and O–H groups in total. The lowest BCUT2D eigenvalue weighted by Crippen LogP contribution is -2.66. The molecule has 260 valence electrons. The molecule has 4 aromatic rings. The number of ether oxygens (including phenoxy) is 2. The summed E-state index contributed by atoms with van der Waals surface area (Å²) >= 11 is 0. The van der Waals surface area contributed by atoms with Crippen molar-refractivity contribution in [1.82, 2.24) is 4.90 Å². The van der Waals surface area contributed by atoms with Gasteiger partial charge in [0.2, 0.25) is 0 Å². The predicted molar refractivity (Wildman–Crippen MR) is 182 cm³/mol. The molecule has 0 aromatic heterocycles. The number of amides is 1. The van der Waals surface area contributed by atoms with Crippen LogP contribution in [0.1, 0.15) is 47.8 Å². The van der Waals surface area contributed by atoms with Crippen LogP contribution in [-0.2, 0) is 34.1 Å². The van der Waals surface area contributed by atoms with E-state index in [2.05, 4.69) is 20.8 Å². The lowest BCUT2D eigenvalue weighted by Gasteiger charge is -2.43. The van der Waals surface area contributed by atoms with Gasteiger partial charge in [-0.05, 0) is 57.2 Å². The van der Waals surface area contributed by atoms with Crippen LogP contribution in [0.15, 0.2) is 91.0 Å². The van der Waals surface area contributed by atoms with Gasteiger partial charge in [-0.3, -0.25) is 4.79 Å². The Bertz CT molecular complexity index is 1850. The highest BCUT2D eigenvalue weighted by Crippen LogP contribution is 2.39. The van der Waals surface area contributed by atoms with Crippen LogP contribution in [0, 0.1) is 0 Å². The summed E-state index contributed by atoms with van der Waals surface area (Å²) < 4.78 is 87.5. The van der Waals surface area contributed by atoms with E-state index in [1.54, 1.807) is 24.3 Å². The highest BCUT2D eigenvalue weighted by Gasteiger charge is 2.51. The van der Waals surface area contributed by atoms with E-state index in [0.29, 0.717) is 17.1 Å². The zero-order valence-electron chi connectivity index (χ0n) is 27.8. The first kappa shape index (κ1) is 36.0. The van der Waals surface area contributed by atoms with Crippen LogP contribution in [0.3, 0.4) is 0 Å². The quantitative estimate of drug-likeness (QED) is 0.104. The van der Waals surface area contributed by atoms with Gasteiger partial charge in [-0.25, -0.2) is 0 Å². The Hall–Kier alpha value is -4.33. The Labute approximate surface area is 285 Å². The predicted octanol–water partition coefficient (Wildman–Crippen LogP) is 6.21. The van der Waals surface area contributed by atoms with Gasteiger partial charge in [0, 0.05) is 30.3 Å². The first-order chi connectivity index (χ1) is 23.1. The van der Waals surface area contributed by atoms with E-state index in [0.717, 1.165) is 10.4 Å². The topological polar surface area (TPSA) is 91.4 Å². The Morgan fingerprint density at radius 3 is 1.84 bits per heavy atom. The third-order valence-electron chi connectivity index (χ3n) is 8.56. The minimum atomic E-state index is -6.03. The summed E-state index contributed by atoms with van der Waals surface area (Å²) in [6.07, 6.45) is 0.0563. The van der Waals surface area contributed by atoms with E-state index >= 15 is 0 Å². The fraction of sp³-hybridized carbons (Fsp3) is 0.306. The van der Waals surface area contributed by atoms with E-state index in [9.17, 15) is 26.4 Å². The van der Waals surface area contributed by atoms with Crippen molar-refractivity contribution >= 4 is 34.7 Å². The molecule has 1 aliphatic rings. The summed E-state index contributed by atoms with van der Waals surface area (Å²) in [6, 6.07) is 27.5. The van der Waals surface area contributed by atoms with Gasteiger partial charge in [-0.15, -0.1) is 0 Å². The van der Waals surface area contributed by atoms with Crippen LogP contribution in [-0.4, -0.2) is 53.8 Å². The molecule has 0 radical (unpaired) electrons. The van der Waals surface area contributed by atoms with Crippen molar-refractivity contribution in [3.63, 3.8) is 0 Å². The number of methoxy groups -OCH3 is 2. The molecule has 0 spiro atoms. The highest BCUT2D eigenvalue weighted by molar-refractivity contribution is 7.88. The van der Waals surface area contributed by atoms with Gasteiger partial charge >= 0.3 is 15.6 Å². The third-order valence-corrected chi connectivity index (χ3v) is 14.5. The number of alkyl halides is 3. The van der Waals surface area contributed by atoms with Gasteiger partial charge in [-0.2, -0.15) is 21.6 Å². The lowest BCUT2D eigenvalue weighted by atomic mass is 9.95. The second-order valence-electron chi connectivity index (χ2n) is 12.8. The van der Waals surface area contributed by atoms with Gasteiger partial charge in [0.05, 0.1) is 20.8 Å². The average molecular weight is 714 g/mol. The Kier molecular flexibility index (Phi) is 10.2. The molecule has 0 saturated carbocycles. The van der Waals surface area contributed by atoms with Crippen LogP contribution >= 0.6 is 0 Å². The molecular formula is C36H38F3NO7SSi. The zero-order chi connectivity index (χ0) is 35.6. The third kappa shape index (κ3) is 7.33. The second-order valence-corrected chi connectivity index (χ2v) is 18.6. The largest absolute Gasteiger partial charge is 0.534 e. The number of hydrogen-bond donors (Lipinski definition) is 0. The number of fused-ring (bicyclic) bond motifs is 1. The summed E-state index contributed by atoms with van der Waals surface area (Å²) in [6.45, 7) is 6.34. The average Bonchev–Trinajstić information content (AvgIpc) is 3.06. The molecule has 4 aromatic carbocycles. The van der Waals surface area contributed by atoms with Crippen LogP contribution in [0.25, 0.3) is 0 Å². The number of benzene rings is 4. The van der Waals surface area contributed by atoms with Gasteiger partial charge in [0.15, 0.2) is 0 Å². The van der Waals surface area contributed by atoms with Crippen molar-refractivity contribution in [2.24, 2.45) is 0 Å². The van der Waals surface area contributed by atoms with Crippen molar-refractivity contribution in [2.45, 2.75) is 50.9 Å². The van der Waals surface area contributed by atoms with Crippen LogP contribution in [0.4, 0.5) is 13.2 Å². The van der Waals surface area contributed by atoms with Crippen molar-refractivity contribution < 1.29 is 44.5 Å². The number of halogens is 3. The molecule has 0 saturated heterocycles. The van der Waals surface area contributed by atoms with Crippen molar-refractivity contribution in [2.75, 3.05) is 20.8 Å². The van der Waals surface area contributed by atoms with E-state index in [-0.39, 0.29) is 42.8 Å². The minimum Gasteiger partial charge on any atom is -0.497 e. The smallest absolute Gasteiger partial charge is 0.497 e. The van der Waals surface area contributed by atoms with E-state index in [1.165, 1.54) is 25.2 Å². The molecule has 1 amide bonds. The molecule has 0 fully saturated rings. The molecule has 0 atom stereocenters. The highest BCUT2D eigenvalue weighted by atomic mass is 32.2. The fourth-order valence-corrected chi connectivity index (χ4v) is 11.3. The summed E-state index contributed by atoms with van der Waals surface area (Å²) in [4.78, 5) is 15.5. The zero-order valence-corrected chi connectivity index (χ0v) is 29.7. The normalized spacial score (nSPS) is 14.0. The maximum atomic E-state index is 14.0. The van der Waals surface area contributed by atoms with Gasteiger partial charge in [0.25, 0.3) is 14.2 Å². The van der Waals surface area contributed by atoms with Gasteiger partial charge in [-0.1, -0.05) is 81.4 Å². The van der Waals surface area contributed by atoms with Crippen molar-refractivity contribution in [3.05, 3.63) is 113 Å².